The van der Waals surface area contributed by atoms with Gasteiger partial charge in [-0.2, -0.15) is 0 Å². The van der Waals surface area contributed by atoms with Crippen LogP contribution in [0.15, 0.2) is 66.7 Å². The van der Waals surface area contributed by atoms with E-state index >= 15 is 0 Å². The highest BCUT2D eigenvalue weighted by Gasteiger charge is 2.12. The number of anilines is 1. The molecule has 0 fully saturated rings. The van der Waals surface area contributed by atoms with Gasteiger partial charge < -0.3 is 10.4 Å². The molecule has 3 aromatic carbocycles. The molecule has 0 aliphatic carbocycles. The average Bonchev–Trinajstić information content (AvgIpc) is 2.61. The second-order valence-electron chi connectivity index (χ2n) is 6.23. The van der Waals surface area contributed by atoms with Crippen LogP contribution in [0.4, 0.5) is 5.69 Å². The van der Waals surface area contributed by atoms with Gasteiger partial charge in [-0.15, -0.1) is 0 Å². The van der Waals surface area contributed by atoms with Crippen molar-refractivity contribution in [3.05, 3.63) is 83.4 Å². The van der Waals surface area contributed by atoms with E-state index in [0.29, 0.717) is 5.69 Å². The maximum Gasteiger partial charge on any atom is 0.337 e. The summed E-state index contributed by atoms with van der Waals surface area (Å²) in [7, 11) is 0. The van der Waals surface area contributed by atoms with Gasteiger partial charge in [0.2, 0.25) is 5.91 Å². The molecule has 4 nitrogen and oxygen atoms in total. The number of hydrogen-bond donors (Lipinski definition) is 2. The Morgan fingerprint density at radius 2 is 1.69 bits per heavy atom. The molecule has 0 saturated heterocycles. The number of aryl methyl sites for hydroxylation is 1. The lowest BCUT2D eigenvalue weighted by Crippen LogP contribution is -2.12. The van der Waals surface area contributed by atoms with Gasteiger partial charge in [-0.05, 0) is 59.5 Å². The molecule has 4 heteroatoms. The van der Waals surface area contributed by atoms with Crippen LogP contribution in [0.5, 0.6) is 0 Å². The van der Waals surface area contributed by atoms with Gasteiger partial charge in [0, 0.05) is 6.08 Å². The number of nitrogens with one attached hydrogen (secondary N) is 1. The number of carboxylic acid groups (broad SMARTS) is 1. The Balaban J connectivity index is 1.86. The highest BCUT2D eigenvalue weighted by atomic mass is 16.4. The smallest absolute Gasteiger partial charge is 0.337 e. The summed E-state index contributed by atoms with van der Waals surface area (Å²) < 4.78 is 0. The Hall–Kier alpha value is -3.40. The number of fused-ring (bicyclic) bond motifs is 1. The molecule has 0 spiro atoms. The molecular weight excluding hydrogens is 326 g/mol. The topological polar surface area (TPSA) is 66.4 Å². The number of aromatic carboxylic acids is 1. The Kier molecular flexibility index (Phi) is 4.85. The quantitative estimate of drug-likeness (QED) is 0.662. The van der Waals surface area contributed by atoms with E-state index in [1.165, 1.54) is 12.1 Å². The van der Waals surface area contributed by atoms with E-state index in [2.05, 4.69) is 5.32 Å². The molecule has 0 unspecified atom stereocenters. The van der Waals surface area contributed by atoms with Crippen LogP contribution in [0, 0.1) is 6.92 Å². The van der Waals surface area contributed by atoms with Crippen molar-refractivity contribution in [3.63, 3.8) is 0 Å². The molecule has 1 amide bonds. The van der Waals surface area contributed by atoms with Crippen molar-refractivity contribution in [3.8, 4) is 0 Å². The first-order valence-electron chi connectivity index (χ1n) is 8.26. The Bertz CT molecular complexity index is 1030. The average molecular weight is 345 g/mol. The van der Waals surface area contributed by atoms with Gasteiger partial charge >= 0.3 is 5.97 Å². The minimum Gasteiger partial charge on any atom is -0.478 e. The zero-order valence-corrected chi connectivity index (χ0v) is 14.6. The van der Waals surface area contributed by atoms with Crippen molar-refractivity contribution in [1.29, 1.82) is 0 Å². The van der Waals surface area contributed by atoms with E-state index in [1.54, 1.807) is 12.1 Å². The highest BCUT2D eigenvalue weighted by Crippen LogP contribution is 2.22. The molecule has 0 heterocycles. The molecular formula is C22H19NO3. The number of rotatable bonds is 4. The third kappa shape index (κ3) is 3.81. The number of allylic oxidation sites excluding steroid dienone is 1. The maximum absolute atomic E-state index is 12.4. The summed E-state index contributed by atoms with van der Waals surface area (Å²) in [6, 6.07) is 18.9. The first-order chi connectivity index (χ1) is 12.4. The van der Waals surface area contributed by atoms with Crippen molar-refractivity contribution < 1.29 is 14.7 Å². The second kappa shape index (κ2) is 7.23. The lowest BCUT2D eigenvalue weighted by molar-refractivity contribution is -0.111. The minimum absolute atomic E-state index is 0.0701. The van der Waals surface area contributed by atoms with Gasteiger partial charge in [0.25, 0.3) is 0 Å². The summed E-state index contributed by atoms with van der Waals surface area (Å²) in [6.45, 7) is 3.70. The number of amides is 1. The summed E-state index contributed by atoms with van der Waals surface area (Å²) in [5.74, 6) is -1.43. The molecule has 26 heavy (non-hydrogen) atoms. The van der Waals surface area contributed by atoms with Crippen LogP contribution in [-0.2, 0) is 4.79 Å². The summed E-state index contributed by atoms with van der Waals surface area (Å²) in [4.78, 5) is 23.7. The van der Waals surface area contributed by atoms with E-state index in [9.17, 15) is 14.7 Å². The molecule has 2 N–H and O–H groups in total. The predicted octanol–water partition coefficient (Wildman–Crippen LogP) is 4.89. The summed E-state index contributed by atoms with van der Waals surface area (Å²) in [6.07, 6.45) is 1.48. The van der Waals surface area contributed by atoms with Crippen molar-refractivity contribution in [2.24, 2.45) is 0 Å². The van der Waals surface area contributed by atoms with Crippen molar-refractivity contribution in [2.45, 2.75) is 13.8 Å². The zero-order valence-electron chi connectivity index (χ0n) is 14.6. The molecule has 3 rings (SSSR count). The number of carboxylic acids is 1. The lowest BCUT2D eigenvalue weighted by atomic mass is 10.0. The molecule has 0 aromatic heterocycles. The first kappa shape index (κ1) is 17.4. The summed E-state index contributed by atoms with van der Waals surface area (Å²) in [5.41, 5.74) is 2.99. The van der Waals surface area contributed by atoms with E-state index in [1.807, 2.05) is 56.3 Å². The molecule has 0 bridgehead atoms. The first-order valence-corrected chi connectivity index (χ1v) is 8.26. The van der Waals surface area contributed by atoms with Crippen molar-refractivity contribution >= 4 is 33.9 Å². The van der Waals surface area contributed by atoms with Gasteiger partial charge in [-0.1, -0.05) is 42.5 Å². The molecule has 130 valence electrons. The van der Waals surface area contributed by atoms with Crippen LogP contribution < -0.4 is 5.32 Å². The Morgan fingerprint density at radius 3 is 2.42 bits per heavy atom. The zero-order chi connectivity index (χ0) is 18.7. The van der Waals surface area contributed by atoms with Gasteiger partial charge in [-0.3, -0.25) is 4.79 Å². The van der Waals surface area contributed by atoms with Crippen LogP contribution in [0.3, 0.4) is 0 Å². The lowest BCUT2D eigenvalue weighted by Gasteiger charge is -2.09. The predicted molar refractivity (Wildman–Crippen MR) is 104 cm³/mol. The number of benzene rings is 3. The Labute approximate surface area is 151 Å². The Morgan fingerprint density at radius 1 is 0.962 bits per heavy atom. The fraction of sp³-hybridized carbons (Fsp3) is 0.0909. The van der Waals surface area contributed by atoms with Gasteiger partial charge in [0.1, 0.15) is 0 Å². The standard InChI is InChI=1S/C22H19NO3/c1-14-7-10-19(22(25)26)20(11-14)23-21(24)12-15(2)17-9-8-16-5-3-4-6-18(16)13-17/h3-13H,1-2H3,(H,23,24)(H,25,26). The van der Waals surface area contributed by atoms with Crippen LogP contribution in [-0.4, -0.2) is 17.0 Å². The maximum atomic E-state index is 12.4. The van der Waals surface area contributed by atoms with E-state index in [-0.39, 0.29) is 11.5 Å². The summed E-state index contributed by atoms with van der Waals surface area (Å²) >= 11 is 0. The number of carbonyl (C=O) groups is 2. The summed E-state index contributed by atoms with van der Waals surface area (Å²) in [5, 5.41) is 14.2. The van der Waals surface area contributed by atoms with Crippen molar-refractivity contribution in [2.75, 3.05) is 5.32 Å². The minimum atomic E-state index is -1.07. The van der Waals surface area contributed by atoms with E-state index < -0.39 is 5.97 Å². The normalized spacial score (nSPS) is 11.4. The second-order valence-corrected chi connectivity index (χ2v) is 6.23. The number of hydrogen-bond acceptors (Lipinski definition) is 2. The third-order valence-corrected chi connectivity index (χ3v) is 4.22. The van der Waals surface area contributed by atoms with Crippen LogP contribution in [0.2, 0.25) is 0 Å². The van der Waals surface area contributed by atoms with Crippen molar-refractivity contribution in [1.82, 2.24) is 0 Å². The fourth-order valence-corrected chi connectivity index (χ4v) is 2.83. The molecule has 3 aromatic rings. The fourth-order valence-electron chi connectivity index (χ4n) is 2.83. The van der Waals surface area contributed by atoms with Crippen LogP contribution >= 0.6 is 0 Å². The molecule has 0 radical (unpaired) electrons. The van der Waals surface area contributed by atoms with E-state index in [4.69, 9.17) is 0 Å². The van der Waals surface area contributed by atoms with Gasteiger partial charge in [0.05, 0.1) is 11.3 Å². The molecule has 0 atom stereocenters. The molecule has 0 aliphatic rings. The van der Waals surface area contributed by atoms with E-state index in [0.717, 1.165) is 27.5 Å². The van der Waals surface area contributed by atoms with Gasteiger partial charge in [-0.25, -0.2) is 4.79 Å². The highest BCUT2D eigenvalue weighted by molar-refractivity contribution is 6.07. The van der Waals surface area contributed by atoms with Crippen LogP contribution in [0.1, 0.15) is 28.4 Å². The molecule has 0 saturated carbocycles. The molecule has 0 aliphatic heterocycles. The van der Waals surface area contributed by atoms with Gasteiger partial charge in [0.15, 0.2) is 0 Å². The largest absolute Gasteiger partial charge is 0.478 e. The SMILES string of the molecule is CC(=CC(=O)Nc1cc(C)ccc1C(=O)O)c1ccc2ccccc2c1. The van der Waals surface area contributed by atoms with Crippen LogP contribution in [0.25, 0.3) is 16.3 Å². The monoisotopic (exact) mass is 345 g/mol. The number of carbonyl (C=O) groups excluding carboxylic acids is 1. The third-order valence-electron chi connectivity index (χ3n) is 4.22.